The highest BCUT2D eigenvalue weighted by molar-refractivity contribution is 7.92. The highest BCUT2D eigenvalue weighted by Crippen LogP contribution is 2.16. The van der Waals surface area contributed by atoms with E-state index in [0.717, 1.165) is 12.8 Å². The first-order chi connectivity index (χ1) is 7.35. The van der Waals surface area contributed by atoms with Crippen LogP contribution in [0.15, 0.2) is 0 Å². The maximum Gasteiger partial charge on any atom is 0.235 e. The highest BCUT2D eigenvalue weighted by Gasteiger charge is 2.27. The normalized spacial score (nSPS) is 14.0. The molecule has 6 heteroatoms. The lowest BCUT2D eigenvalue weighted by Crippen LogP contribution is -2.44. The van der Waals surface area contributed by atoms with Crippen LogP contribution >= 0.6 is 0 Å². The molecule has 0 aliphatic carbocycles. The van der Waals surface area contributed by atoms with Gasteiger partial charge in [-0.1, -0.05) is 26.7 Å². The van der Waals surface area contributed by atoms with Crippen molar-refractivity contribution in [3.63, 3.8) is 0 Å². The third-order valence-electron chi connectivity index (χ3n) is 2.51. The predicted molar refractivity (Wildman–Crippen MR) is 64.6 cm³/mol. The topological polar surface area (TPSA) is 103 Å². The van der Waals surface area contributed by atoms with Crippen LogP contribution in [0.2, 0.25) is 0 Å². The van der Waals surface area contributed by atoms with Crippen LogP contribution in [0.1, 0.15) is 39.5 Å². The quantitative estimate of drug-likeness (QED) is 0.641. The average molecular weight is 250 g/mol. The highest BCUT2D eigenvalue weighted by atomic mass is 32.2. The molecule has 1 amide bonds. The summed E-state index contributed by atoms with van der Waals surface area (Å²) in [6.07, 6.45) is 2.83. The number of nitrogens with two attached hydrogens (primary N) is 2. The molecule has 1 atom stereocenters. The molecule has 0 aromatic carbocycles. The third kappa shape index (κ3) is 4.94. The Kier molecular flexibility index (Phi) is 6.59. The number of carbonyl (C=O) groups is 1. The molecule has 0 saturated carbocycles. The van der Waals surface area contributed by atoms with Gasteiger partial charge in [0, 0.05) is 0 Å². The molecule has 4 N–H and O–H groups in total. The van der Waals surface area contributed by atoms with Crippen molar-refractivity contribution in [2.45, 2.75) is 50.8 Å². The number of sulfone groups is 1. The minimum atomic E-state index is -3.32. The monoisotopic (exact) mass is 250 g/mol. The van der Waals surface area contributed by atoms with Gasteiger partial charge >= 0.3 is 0 Å². The molecule has 0 aromatic heterocycles. The Hall–Kier alpha value is -0.620. The lowest BCUT2D eigenvalue weighted by molar-refractivity contribution is -0.118. The van der Waals surface area contributed by atoms with E-state index in [2.05, 4.69) is 0 Å². The van der Waals surface area contributed by atoms with Crippen LogP contribution in [0.4, 0.5) is 0 Å². The zero-order valence-corrected chi connectivity index (χ0v) is 10.8. The largest absolute Gasteiger partial charge is 0.368 e. The van der Waals surface area contributed by atoms with E-state index in [0.29, 0.717) is 12.8 Å². The van der Waals surface area contributed by atoms with E-state index in [1.807, 2.05) is 13.8 Å². The summed E-state index contributed by atoms with van der Waals surface area (Å²) in [4.78, 5) is 10.7. The van der Waals surface area contributed by atoms with Crippen molar-refractivity contribution in [1.82, 2.24) is 0 Å². The van der Waals surface area contributed by atoms with Gasteiger partial charge in [-0.05, 0) is 12.8 Å². The molecule has 16 heavy (non-hydrogen) atoms. The summed E-state index contributed by atoms with van der Waals surface area (Å²) in [5.41, 5.74) is 10.3. The molecule has 0 spiro atoms. The Labute approximate surface area is 97.5 Å². The predicted octanol–water partition coefficient (Wildman–Crippen LogP) is 0.183. The van der Waals surface area contributed by atoms with Crippen LogP contribution < -0.4 is 11.5 Å². The maximum atomic E-state index is 11.9. The van der Waals surface area contributed by atoms with E-state index >= 15 is 0 Å². The molecule has 0 unspecified atom stereocenters. The molecule has 0 aliphatic heterocycles. The fraction of sp³-hybridized carbons (Fsp3) is 0.900. The molecule has 96 valence electrons. The van der Waals surface area contributed by atoms with Gasteiger partial charge in [0.15, 0.2) is 9.84 Å². The maximum absolute atomic E-state index is 11.9. The Morgan fingerprint density at radius 3 is 1.94 bits per heavy atom. The number of primary amides is 1. The number of hydrogen-bond acceptors (Lipinski definition) is 4. The van der Waals surface area contributed by atoms with Crippen LogP contribution in [0, 0.1) is 0 Å². The average Bonchev–Trinajstić information content (AvgIpc) is 2.16. The fourth-order valence-electron chi connectivity index (χ4n) is 1.62. The van der Waals surface area contributed by atoms with Gasteiger partial charge in [0.25, 0.3) is 0 Å². The lowest BCUT2D eigenvalue weighted by atomic mass is 10.2. The Morgan fingerprint density at radius 1 is 1.19 bits per heavy atom. The smallest absolute Gasteiger partial charge is 0.235 e. The van der Waals surface area contributed by atoms with Gasteiger partial charge in [0.05, 0.1) is 17.0 Å². The van der Waals surface area contributed by atoms with Gasteiger partial charge < -0.3 is 11.5 Å². The molecule has 0 heterocycles. The SMILES string of the molecule is CCCC(CCC)S(=O)(=O)C[C@H](N)C(N)=O. The molecular weight excluding hydrogens is 228 g/mol. The first-order valence-electron chi connectivity index (χ1n) is 5.61. The second kappa shape index (κ2) is 6.85. The Balaban J connectivity index is 4.65. The van der Waals surface area contributed by atoms with Gasteiger partial charge in [-0.15, -0.1) is 0 Å². The van der Waals surface area contributed by atoms with Crippen molar-refractivity contribution >= 4 is 15.7 Å². The first kappa shape index (κ1) is 15.4. The van der Waals surface area contributed by atoms with Crippen LogP contribution in [0.25, 0.3) is 0 Å². The first-order valence-corrected chi connectivity index (χ1v) is 7.33. The minimum absolute atomic E-state index is 0.340. The summed E-state index contributed by atoms with van der Waals surface area (Å²) in [5.74, 6) is -1.11. The lowest BCUT2D eigenvalue weighted by Gasteiger charge is -2.17. The molecule has 5 nitrogen and oxygen atoms in total. The van der Waals surface area contributed by atoms with Crippen molar-refractivity contribution in [3.05, 3.63) is 0 Å². The van der Waals surface area contributed by atoms with Gasteiger partial charge in [-0.25, -0.2) is 8.42 Å². The van der Waals surface area contributed by atoms with Gasteiger partial charge in [-0.2, -0.15) is 0 Å². The van der Waals surface area contributed by atoms with Crippen LogP contribution in [0.3, 0.4) is 0 Å². The minimum Gasteiger partial charge on any atom is -0.368 e. The summed E-state index contributed by atoms with van der Waals surface area (Å²) in [7, 11) is -3.32. The number of carbonyl (C=O) groups excluding carboxylic acids is 1. The third-order valence-corrected chi connectivity index (χ3v) is 4.82. The van der Waals surface area contributed by atoms with E-state index in [4.69, 9.17) is 11.5 Å². The number of rotatable bonds is 8. The van der Waals surface area contributed by atoms with E-state index in [9.17, 15) is 13.2 Å². The van der Waals surface area contributed by atoms with Crippen molar-refractivity contribution in [2.75, 3.05) is 5.75 Å². The number of hydrogen-bond donors (Lipinski definition) is 2. The molecule has 0 aliphatic rings. The molecule has 0 saturated heterocycles. The molecule has 0 rings (SSSR count). The van der Waals surface area contributed by atoms with E-state index in [-0.39, 0.29) is 5.75 Å². The summed E-state index contributed by atoms with van der Waals surface area (Å²) >= 11 is 0. The van der Waals surface area contributed by atoms with Crippen molar-refractivity contribution in [3.8, 4) is 0 Å². The van der Waals surface area contributed by atoms with Crippen molar-refractivity contribution in [2.24, 2.45) is 11.5 Å². The molecule has 0 radical (unpaired) electrons. The van der Waals surface area contributed by atoms with Crippen LogP contribution in [-0.4, -0.2) is 31.4 Å². The molecular formula is C10H22N2O3S. The van der Waals surface area contributed by atoms with Crippen molar-refractivity contribution < 1.29 is 13.2 Å². The van der Waals surface area contributed by atoms with Gasteiger partial charge in [-0.3, -0.25) is 4.79 Å². The van der Waals surface area contributed by atoms with Gasteiger partial charge in [0.2, 0.25) is 5.91 Å². The fourth-order valence-corrected chi connectivity index (χ4v) is 3.74. The second-order valence-electron chi connectivity index (χ2n) is 4.04. The standard InChI is InChI=1S/C10H22N2O3S/c1-3-5-8(6-4-2)16(14,15)7-9(11)10(12)13/h8-9H,3-7,11H2,1-2H3,(H2,12,13)/t9-/m0/s1. The zero-order chi connectivity index (χ0) is 12.8. The van der Waals surface area contributed by atoms with Crippen LogP contribution in [0.5, 0.6) is 0 Å². The molecule has 0 bridgehead atoms. The van der Waals surface area contributed by atoms with E-state index in [1.54, 1.807) is 0 Å². The second-order valence-corrected chi connectivity index (χ2v) is 6.36. The molecule has 0 aromatic rings. The van der Waals surface area contributed by atoms with Gasteiger partial charge in [0.1, 0.15) is 0 Å². The zero-order valence-electron chi connectivity index (χ0n) is 9.98. The number of amides is 1. The summed E-state index contributed by atoms with van der Waals surface area (Å²) in [6.45, 7) is 3.87. The summed E-state index contributed by atoms with van der Waals surface area (Å²) in [5, 5.41) is -0.395. The Bertz CT molecular complexity index is 308. The Morgan fingerprint density at radius 2 is 1.62 bits per heavy atom. The van der Waals surface area contributed by atoms with Crippen molar-refractivity contribution in [1.29, 1.82) is 0 Å². The summed E-state index contributed by atoms with van der Waals surface area (Å²) < 4.78 is 23.9. The van der Waals surface area contributed by atoms with E-state index in [1.165, 1.54) is 0 Å². The van der Waals surface area contributed by atoms with E-state index < -0.39 is 27.0 Å². The van der Waals surface area contributed by atoms with Crippen LogP contribution in [-0.2, 0) is 14.6 Å². The molecule has 0 fully saturated rings. The summed E-state index contributed by atoms with van der Waals surface area (Å²) in [6, 6.07) is -1.10.